The van der Waals surface area contributed by atoms with E-state index in [-0.39, 0.29) is 11.4 Å². The van der Waals surface area contributed by atoms with Crippen LogP contribution < -0.4 is 20.9 Å². The Morgan fingerprint density at radius 2 is 2.09 bits per heavy atom. The average Bonchev–Trinajstić information content (AvgIpc) is 2.44. The summed E-state index contributed by atoms with van der Waals surface area (Å²) < 4.78 is 5.59. The number of methoxy groups -OCH3 is 1. The molecule has 0 fully saturated rings. The van der Waals surface area contributed by atoms with Gasteiger partial charge in [-0.05, 0) is 51.7 Å². The number of nitrogens with two attached hydrogens (primary N) is 1. The van der Waals surface area contributed by atoms with E-state index in [2.05, 4.69) is 37.2 Å². The maximum atomic E-state index is 12.4. The van der Waals surface area contributed by atoms with Crippen molar-refractivity contribution >= 4 is 11.6 Å². The molecule has 0 aliphatic carbocycles. The van der Waals surface area contributed by atoms with Crippen LogP contribution in [0.1, 0.15) is 52.5 Å². The van der Waals surface area contributed by atoms with E-state index in [0.717, 1.165) is 17.9 Å². The third-order valence-electron chi connectivity index (χ3n) is 4.66. The maximum absolute atomic E-state index is 12.4. The van der Waals surface area contributed by atoms with Gasteiger partial charge in [0.1, 0.15) is 11.3 Å². The number of hydrogen-bond acceptors (Lipinski definition) is 4. The predicted molar refractivity (Wildman–Crippen MR) is 89.0 cm³/mol. The van der Waals surface area contributed by atoms with Crippen LogP contribution in [0.25, 0.3) is 0 Å². The van der Waals surface area contributed by atoms with Crippen molar-refractivity contribution in [2.75, 3.05) is 12.0 Å². The highest BCUT2D eigenvalue weighted by Crippen LogP contribution is 2.50. The van der Waals surface area contributed by atoms with Crippen molar-refractivity contribution < 1.29 is 9.53 Å². The van der Waals surface area contributed by atoms with E-state index in [4.69, 9.17) is 10.6 Å². The van der Waals surface area contributed by atoms with Crippen LogP contribution in [0, 0.1) is 0 Å². The number of hydrogen-bond donors (Lipinski definition) is 2. The molecule has 1 atom stereocenters. The first kappa shape index (κ1) is 16.6. The van der Waals surface area contributed by atoms with Gasteiger partial charge in [-0.3, -0.25) is 10.2 Å². The van der Waals surface area contributed by atoms with Gasteiger partial charge < -0.3 is 9.64 Å². The molecule has 0 unspecified atom stereocenters. The highest BCUT2D eigenvalue weighted by atomic mass is 16.5. The van der Waals surface area contributed by atoms with Crippen LogP contribution in [-0.2, 0) is 4.79 Å². The lowest BCUT2D eigenvalue weighted by molar-refractivity contribution is -0.126. The summed E-state index contributed by atoms with van der Waals surface area (Å²) in [6.07, 6.45) is 0.953. The number of anilines is 1. The molecule has 1 heterocycles. The number of hydrazine groups is 1. The molecule has 0 saturated carbocycles. The van der Waals surface area contributed by atoms with Crippen LogP contribution >= 0.6 is 0 Å². The standard InChI is InChI=1S/C17H27N3O2/c1-11-10-16(2,3)20(17(4,5)15(21)19-18)14-12(11)8-7-9-13(14)22-6/h7-9,11H,10,18H2,1-6H3,(H,19,21)/t11-/m0/s1. The summed E-state index contributed by atoms with van der Waals surface area (Å²) >= 11 is 0. The van der Waals surface area contributed by atoms with E-state index >= 15 is 0 Å². The van der Waals surface area contributed by atoms with Crippen LogP contribution in [0.5, 0.6) is 5.75 Å². The molecule has 1 aliphatic heterocycles. The third-order valence-corrected chi connectivity index (χ3v) is 4.66. The Labute approximate surface area is 132 Å². The Balaban J connectivity index is 2.72. The summed E-state index contributed by atoms with van der Waals surface area (Å²) in [5.41, 5.74) is 3.50. The van der Waals surface area contributed by atoms with Gasteiger partial charge in [-0.2, -0.15) is 0 Å². The number of amides is 1. The number of benzene rings is 1. The van der Waals surface area contributed by atoms with Gasteiger partial charge >= 0.3 is 0 Å². The second-order valence-corrected chi connectivity index (χ2v) is 7.18. The van der Waals surface area contributed by atoms with E-state index in [1.807, 2.05) is 26.0 Å². The molecule has 1 aromatic rings. The molecule has 5 nitrogen and oxygen atoms in total. The van der Waals surface area contributed by atoms with E-state index in [1.54, 1.807) is 7.11 Å². The lowest BCUT2D eigenvalue weighted by Crippen LogP contribution is -2.65. The zero-order valence-corrected chi connectivity index (χ0v) is 14.4. The first-order valence-corrected chi connectivity index (χ1v) is 7.65. The zero-order chi connectivity index (χ0) is 16.7. The number of nitrogens with one attached hydrogen (secondary N) is 1. The number of ether oxygens (including phenoxy) is 1. The van der Waals surface area contributed by atoms with Crippen LogP contribution in [0.2, 0.25) is 0 Å². The number of rotatable bonds is 3. The van der Waals surface area contributed by atoms with Gasteiger partial charge in [0.25, 0.3) is 5.91 Å². The van der Waals surface area contributed by atoms with Crippen LogP contribution in [-0.4, -0.2) is 24.1 Å². The summed E-state index contributed by atoms with van der Waals surface area (Å²) in [6.45, 7) is 10.3. The molecule has 0 spiro atoms. The molecule has 0 radical (unpaired) electrons. The van der Waals surface area contributed by atoms with E-state index in [1.165, 1.54) is 5.56 Å². The summed E-state index contributed by atoms with van der Waals surface area (Å²) in [6, 6.07) is 6.05. The SMILES string of the molecule is COc1cccc2c1N(C(C)(C)C(=O)NN)C(C)(C)C[C@@H]2C. The van der Waals surface area contributed by atoms with Crippen molar-refractivity contribution in [3.05, 3.63) is 23.8 Å². The average molecular weight is 305 g/mol. The molecule has 1 amide bonds. The quantitative estimate of drug-likeness (QED) is 0.511. The van der Waals surface area contributed by atoms with Crippen molar-refractivity contribution in [1.29, 1.82) is 0 Å². The highest BCUT2D eigenvalue weighted by molar-refractivity contribution is 5.90. The molecule has 2 rings (SSSR count). The monoisotopic (exact) mass is 305 g/mol. The fourth-order valence-corrected chi connectivity index (χ4v) is 3.91. The molecule has 22 heavy (non-hydrogen) atoms. The predicted octanol–water partition coefficient (Wildman–Crippen LogP) is 2.56. The number of carbonyl (C=O) groups excluding carboxylic acids is 1. The van der Waals surface area contributed by atoms with Gasteiger partial charge in [0.2, 0.25) is 0 Å². The van der Waals surface area contributed by atoms with E-state index in [0.29, 0.717) is 5.92 Å². The normalized spacial score (nSPS) is 20.3. The molecular weight excluding hydrogens is 278 g/mol. The van der Waals surface area contributed by atoms with E-state index in [9.17, 15) is 4.79 Å². The third kappa shape index (κ3) is 2.43. The fraction of sp³-hybridized carbons (Fsp3) is 0.588. The minimum absolute atomic E-state index is 0.197. The minimum atomic E-state index is -0.790. The molecular formula is C17H27N3O2. The number of fused-ring (bicyclic) bond motifs is 1. The van der Waals surface area contributed by atoms with Gasteiger partial charge in [-0.1, -0.05) is 19.1 Å². The largest absolute Gasteiger partial charge is 0.495 e. The Morgan fingerprint density at radius 3 is 2.64 bits per heavy atom. The highest BCUT2D eigenvalue weighted by Gasteiger charge is 2.48. The molecule has 1 aliphatic rings. The van der Waals surface area contributed by atoms with E-state index < -0.39 is 5.54 Å². The molecule has 1 aromatic carbocycles. The summed E-state index contributed by atoms with van der Waals surface area (Å²) in [7, 11) is 1.66. The summed E-state index contributed by atoms with van der Waals surface area (Å²) in [4.78, 5) is 14.5. The van der Waals surface area contributed by atoms with Gasteiger partial charge in [0, 0.05) is 5.54 Å². The Hall–Kier alpha value is -1.75. The second-order valence-electron chi connectivity index (χ2n) is 7.18. The Kier molecular flexibility index (Phi) is 4.13. The fourth-order valence-electron chi connectivity index (χ4n) is 3.91. The lowest BCUT2D eigenvalue weighted by Gasteiger charge is -2.54. The molecule has 5 heteroatoms. The maximum Gasteiger partial charge on any atom is 0.259 e. The first-order chi connectivity index (χ1) is 10.2. The van der Waals surface area contributed by atoms with Gasteiger partial charge in [-0.25, -0.2) is 5.84 Å². The van der Waals surface area contributed by atoms with Gasteiger partial charge in [-0.15, -0.1) is 0 Å². The van der Waals surface area contributed by atoms with Crippen molar-refractivity contribution in [2.45, 2.75) is 58.0 Å². The summed E-state index contributed by atoms with van der Waals surface area (Å²) in [5.74, 6) is 6.38. The van der Waals surface area contributed by atoms with Crippen molar-refractivity contribution in [3.8, 4) is 5.75 Å². The zero-order valence-electron chi connectivity index (χ0n) is 14.4. The lowest BCUT2D eigenvalue weighted by atomic mass is 9.76. The Morgan fingerprint density at radius 1 is 1.45 bits per heavy atom. The second kappa shape index (κ2) is 5.47. The Bertz CT molecular complexity index is 581. The summed E-state index contributed by atoms with van der Waals surface area (Å²) in [5, 5.41) is 0. The number of carbonyl (C=O) groups is 1. The van der Waals surface area contributed by atoms with Crippen LogP contribution in [0.3, 0.4) is 0 Å². The topological polar surface area (TPSA) is 67.6 Å². The van der Waals surface area contributed by atoms with Crippen molar-refractivity contribution in [2.24, 2.45) is 5.84 Å². The molecule has 0 saturated heterocycles. The molecule has 0 bridgehead atoms. The van der Waals surface area contributed by atoms with Crippen molar-refractivity contribution in [3.63, 3.8) is 0 Å². The van der Waals surface area contributed by atoms with Gasteiger partial charge in [0.05, 0.1) is 12.8 Å². The van der Waals surface area contributed by atoms with Crippen LogP contribution in [0.15, 0.2) is 18.2 Å². The number of nitrogens with zero attached hydrogens (tertiary/aromatic N) is 1. The molecule has 3 N–H and O–H groups in total. The molecule has 0 aromatic heterocycles. The number of para-hydroxylation sites is 1. The van der Waals surface area contributed by atoms with Crippen molar-refractivity contribution in [1.82, 2.24) is 5.43 Å². The molecule has 122 valence electrons. The minimum Gasteiger partial charge on any atom is -0.495 e. The first-order valence-electron chi connectivity index (χ1n) is 7.65. The van der Waals surface area contributed by atoms with Gasteiger partial charge in [0.15, 0.2) is 0 Å². The smallest absolute Gasteiger partial charge is 0.259 e. The van der Waals surface area contributed by atoms with Crippen LogP contribution in [0.4, 0.5) is 5.69 Å².